The van der Waals surface area contributed by atoms with Gasteiger partial charge in [0.25, 0.3) is 0 Å². The molecule has 0 aliphatic heterocycles. The number of nitrogens with two attached hydrogens (primary N) is 1. The maximum Gasteiger partial charge on any atom is 0.145 e. The average molecular weight is 183 g/mol. The van der Waals surface area contributed by atoms with E-state index < -0.39 is 0 Å². The molecule has 13 heavy (non-hydrogen) atoms. The van der Waals surface area contributed by atoms with Crippen LogP contribution in [0.1, 0.15) is 20.3 Å². The molecular formula is C9H17N3O. The lowest BCUT2D eigenvalue weighted by Gasteiger charge is -2.09. The van der Waals surface area contributed by atoms with Gasteiger partial charge in [-0.05, 0) is 19.4 Å². The number of anilines is 1. The lowest BCUT2D eigenvalue weighted by molar-refractivity contribution is 0.0565. The first kappa shape index (κ1) is 10.1. The molecule has 4 heteroatoms. The third kappa shape index (κ3) is 3.46. The Kier molecular flexibility index (Phi) is 3.76. The van der Waals surface area contributed by atoms with Gasteiger partial charge >= 0.3 is 0 Å². The fourth-order valence-electron chi connectivity index (χ4n) is 0.967. The maximum absolute atomic E-state index is 5.50. The lowest BCUT2D eigenvalue weighted by Crippen LogP contribution is -2.12. The number of hydrogen-bond donors (Lipinski definition) is 1. The zero-order chi connectivity index (χ0) is 9.68. The van der Waals surface area contributed by atoms with Crippen molar-refractivity contribution in [2.45, 2.75) is 32.9 Å². The Labute approximate surface area is 78.7 Å². The highest BCUT2D eigenvalue weighted by Gasteiger charge is 1.98. The molecule has 0 aliphatic rings. The summed E-state index contributed by atoms with van der Waals surface area (Å²) in [6.07, 6.45) is 3.23. The van der Waals surface area contributed by atoms with Gasteiger partial charge in [-0.25, -0.2) is 0 Å². The highest BCUT2D eigenvalue weighted by molar-refractivity contribution is 5.23. The van der Waals surface area contributed by atoms with E-state index in [4.69, 9.17) is 10.5 Å². The zero-order valence-electron chi connectivity index (χ0n) is 8.23. The van der Waals surface area contributed by atoms with Crippen molar-refractivity contribution in [2.24, 2.45) is 0 Å². The van der Waals surface area contributed by atoms with Crippen LogP contribution in [0, 0.1) is 0 Å². The Morgan fingerprint density at radius 2 is 2.46 bits per heavy atom. The summed E-state index contributed by atoms with van der Waals surface area (Å²) in [6, 6.07) is 1.78. The van der Waals surface area contributed by atoms with E-state index in [2.05, 4.69) is 18.9 Å². The van der Waals surface area contributed by atoms with Crippen molar-refractivity contribution in [3.8, 4) is 0 Å². The Morgan fingerprint density at radius 1 is 1.69 bits per heavy atom. The van der Waals surface area contributed by atoms with Crippen molar-refractivity contribution >= 4 is 5.82 Å². The van der Waals surface area contributed by atoms with Crippen molar-refractivity contribution in [1.29, 1.82) is 0 Å². The third-order valence-electron chi connectivity index (χ3n) is 1.96. The first-order valence-electron chi connectivity index (χ1n) is 4.63. The van der Waals surface area contributed by atoms with Gasteiger partial charge in [0.15, 0.2) is 0 Å². The van der Waals surface area contributed by atoms with Crippen molar-refractivity contribution in [3.63, 3.8) is 0 Å². The van der Waals surface area contributed by atoms with E-state index >= 15 is 0 Å². The van der Waals surface area contributed by atoms with Crippen LogP contribution in [0.2, 0.25) is 0 Å². The van der Waals surface area contributed by atoms with Crippen LogP contribution in [0.3, 0.4) is 0 Å². The molecule has 0 amide bonds. The van der Waals surface area contributed by atoms with Gasteiger partial charge in [-0.2, -0.15) is 5.10 Å². The molecular weight excluding hydrogens is 166 g/mol. The summed E-state index contributed by atoms with van der Waals surface area (Å²) in [4.78, 5) is 0. The summed E-state index contributed by atoms with van der Waals surface area (Å²) in [5.41, 5.74) is 5.46. The predicted octanol–water partition coefficient (Wildman–Crippen LogP) is 1.28. The van der Waals surface area contributed by atoms with E-state index in [1.165, 1.54) is 0 Å². The molecule has 1 unspecified atom stereocenters. The van der Waals surface area contributed by atoms with Gasteiger partial charge in [0.05, 0.1) is 19.3 Å². The second kappa shape index (κ2) is 4.87. The minimum atomic E-state index is 0.327. The minimum absolute atomic E-state index is 0.327. The van der Waals surface area contributed by atoms with Gasteiger partial charge in [0, 0.05) is 6.20 Å². The Morgan fingerprint density at radius 3 is 3.00 bits per heavy atom. The van der Waals surface area contributed by atoms with Crippen LogP contribution in [-0.4, -0.2) is 22.5 Å². The molecule has 1 heterocycles. The highest BCUT2D eigenvalue weighted by atomic mass is 16.5. The average Bonchev–Trinajstić information content (AvgIpc) is 2.51. The van der Waals surface area contributed by atoms with Crippen LogP contribution >= 0.6 is 0 Å². The van der Waals surface area contributed by atoms with Crippen molar-refractivity contribution in [3.05, 3.63) is 12.3 Å². The molecule has 0 saturated carbocycles. The largest absolute Gasteiger partial charge is 0.382 e. The molecule has 0 bridgehead atoms. The molecule has 2 N–H and O–H groups in total. The molecule has 1 aromatic rings. The molecule has 0 saturated heterocycles. The fourth-order valence-corrected chi connectivity index (χ4v) is 0.967. The molecule has 0 fully saturated rings. The molecule has 1 atom stereocenters. The van der Waals surface area contributed by atoms with Crippen molar-refractivity contribution < 1.29 is 4.74 Å². The summed E-state index contributed by atoms with van der Waals surface area (Å²) in [7, 11) is 0. The fraction of sp³-hybridized carbons (Fsp3) is 0.667. The lowest BCUT2D eigenvalue weighted by atomic mass is 10.3. The van der Waals surface area contributed by atoms with E-state index in [0.29, 0.717) is 18.5 Å². The number of nitrogen functional groups attached to an aromatic ring is 1. The van der Waals surface area contributed by atoms with E-state index in [1.807, 2.05) is 6.20 Å². The van der Waals surface area contributed by atoms with Crippen LogP contribution < -0.4 is 5.73 Å². The van der Waals surface area contributed by atoms with Gasteiger partial charge in [-0.1, -0.05) is 6.92 Å². The summed E-state index contributed by atoms with van der Waals surface area (Å²) in [5.74, 6) is 0.559. The van der Waals surface area contributed by atoms with E-state index in [1.54, 1.807) is 10.7 Å². The van der Waals surface area contributed by atoms with Crippen LogP contribution in [-0.2, 0) is 11.3 Å². The zero-order valence-corrected chi connectivity index (χ0v) is 8.23. The summed E-state index contributed by atoms with van der Waals surface area (Å²) in [6.45, 7) is 5.63. The van der Waals surface area contributed by atoms with Gasteiger partial charge in [0.2, 0.25) is 0 Å². The van der Waals surface area contributed by atoms with Gasteiger partial charge in [-0.3, -0.25) is 4.68 Å². The van der Waals surface area contributed by atoms with Crippen LogP contribution in [0.5, 0.6) is 0 Å². The van der Waals surface area contributed by atoms with Crippen molar-refractivity contribution in [1.82, 2.24) is 9.78 Å². The van der Waals surface area contributed by atoms with Crippen molar-refractivity contribution in [2.75, 3.05) is 12.3 Å². The maximum atomic E-state index is 5.50. The monoisotopic (exact) mass is 183 g/mol. The summed E-state index contributed by atoms with van der Waals surface area (Å²) in [5, 5.41) is 4.05. The number of hydrogen-bond acceptors (Lipinski definition) is 3. The molecule has 0 spiro atoms. The molecule has 74 valence electrons. The smallest absolute Gasteiger partial charge is 0.145 e. The SMILES string of the molecule is CCC(C)OCCn1ccc(N)n1. The molecule has 1 rings (SSSR count). The normalized spacial score (nSPS) is 13.1. The Bertz CT molecular complexity index is 247. The molecule has 0 aromatic carbocycles. The molecule has 0 radical (unpaired) electrons. The topological polar surface area (TPSA) is 53.1 Å². The standard InChI is InChI=1S/C9H17N3O/c1-3-8(2)13-7-6-12-5-4-9(10)11-12/h4-5,8H,3,6-7H2,1-2H3,(H2,10,11). The highest BCUT2D eigenvalue weighted by Crippen LogP contribution is 1.98. The first-order valence-corrected chi connectivity index (χ1v) is 4.63. The quantitative estimate of drug-likeness (QED) is 0.748. The van der Waals surface area contributed by atoms with Gasteiger partial charge in [0.1, 0.15) is 5.82 Å². The van der Waals surface area contributed by atoms with Crippen LogP contribution in [0.4, 0.5) is 5.82 Å². The molecule has 0 aliphatic carbocycles. The van der Waals surface area contributed by atoms with E-state index in [0.717, 1.165) is 13.0 Å². The van der Waals surface area contributed by atoms with Gasteiger partial charge in [-0.15, -0.1) is 0 Å². The Hall–Kier alpha value is -1.03. The molecule has 4 nitrogen and oxygen atoms in total. The number of ether oxygens (including phenoxy) is 1. The Balaban J connectivity index is 2.20. The minimum Gasteiger partial charge on any atom is -0.382 e. The summed E-state index contributed by atoms with van der Waals surface area (Å²) < 4.78 is 7.29. The van der Waals surface area contributed by atoms with Crippen LogP contribution in [0.25, 0.3) is 0 Å². The molecule has 1 aromatic heterocycles. The van der Waals surface area contributed by atoms with Gasteiger partial charge < -0.3 is 10.5 Å². The van der Waals surface area contributed by atoms with E-state index in [9.17, 15) is 0 Å². The number of nitrogens with zero attached hydrogens (tertiary/aromatic N) is 2. The van der Waals surface area contributed by atoms with Crippen LogP contribution in [0.15, 0.2) is 12.3 Å². The first-order chi connectivity index (χ1) is 6.22. The number of aromatic nitrogens is 2. The third-order valence-corrected chi connectivity index (χ3v) is 1.96. The number of rotatable bonds is 5. The second-order valence-electron chi connectivity index (χ2n) is 3.09. The summed E-state index contributed by atoms with van der Waals surface area (Å²) >= 11 is 0. The predicted molar refractivity (Wildman–Crippen MR) is 52.3 cm³/mol. The second-order valence-corrected chi connectivity index (χ2v) is 3.09. The van der Waals surface area contributed by atoms with E-state index in [-0.39, 0.29) is 0 Å².